The quantitative estimate of drug-likeness (QED) is 0.682. The van der Waals surface area contributed by atoms with Crippen molar-refractivity contribution in [2.45, 2.75) is 24.7 Å². The Morgan fingerprint density at radius 2 is 2.23 bits per heavy atom. The number of allylic oxidation sites excluding steroid dienone is 1. The number of fused-ring (bicyclic) bond motifs is 2. The number of dihydropyridines is 1. The Hall–Kier alpha value is -1.98. The summed E-state index contributed by atoms with van der Waals surface area (Å²) in [5, 5.41) is 16.6. The van der Waals surface area contributed by atoms with Crippen molar-refractivity contribution in [2.24, 2.45) is 0 Å². The first-order valence-electron chi connectivity index (χ1n) is 7.76. The first-order valence-corrected chi connectivity index (χ1v) is 7.76. The van der Waals surface area contributed by atoms with Gasteiger partial charge in [0.2, 0.25) is 0 Å². The third-order valence-corrected chi connectivity index (χ3v) is 4.64. The molecule has 22 heavy (non-hydrogen) atoms. The van der Waals surface area contributed by atoms with Gasteiger partial charge in [0.1, 0.15) is 24.3 Å². The summed E-state index contributed by atoms with van der Waals surface area (Å²) in [4.78, 5) is 2.25. The van der Waals surface area contributed by atoms with Gasteiger partial charge in [-0.25, -0.2) is 0 Å². The molecular weight excluding hydrogens is 278 g/mol. The minimum atomic E-state index is 0.148. The Kier molecular flexibility index (Phi) is 3.32. The highest BCUT2D eigenvalue weighted by molar-refractivity contribution is 5.43. The number of aliphatic hydroxyl groups excluding tert-OH is 1. The van der Waals surface area contributed by atoms with E-state index in [4.69, 9.17) is 4.74 Å². The molecule has 0 aromatic carbocycles. The van der Waals surface area contributed by atoms with Crippen molar-refractivity contribution in [3.63, 3.8) is 0 Å². The lowest BCUT2D eigenvalue weighted by Gasteiger charge is -2.38. The highest BCUT2D eigenvalue weighted by Gasteiger charge is 2.30. The van der Waals surface area contributed by atoms with Crippen LogP contribution in [0.15, 0.2) is 59.2 Å². The molecule has 4 rings (SSSR count). The molecule has 3 atom stereocenters. The minimum Gasteiger partial charge on any atom is -0.508 e. The molecule has 1 saturated heterocycles. The third kappa shape index (κ3) is 2.36. The Morgan fingerprint density at radius 3 is 3.14 bits per heavy atom. The van der Waals surface area contributed by atoms with Gasteiger partial charge in [0, 0.05) is 18.8 Å². The number of hydrogen-bond acceptors (Lipinski definition) is 5. The molecule has 0 aromatic rings. The lowest BCUT2D eigenvalue weighted by atomic mass is 9.90. The maximum atomic E-state index is 9.59. The summed E-state index contributed by atoms with van der Waals surface area (Å²) in [7, 11) is 2.10. The highest BCUT2D eigenvalue weighted by atomic mass is 16.5. The number of likely N-dealkylation sites (N-methyl/N-ethyl adjacent to an activating group) is 1. The maximum Gasteiger partial charge on any atom is 0.138 e. The fraction of sp³-hybridized carbons (Fsp3) is 0.412. The summed E-state index contributed by atoms with van der Waals surface area (Å²) >= 11 is 0. The van der Waals surface area contributed by atoms with E-state index in [0.29, 0.717) is 5.76 Å². The standard InChI is InChI=1S/C17H21N3O2/c1-20-6-7-22-16-9-12(10-18-17(16)20)15-4-2-11-8-13(21)3-5-14(11)19-15/h2-4,8-10,14-15,17-19,21H,5-7H2,1H3/t14-,15-,17+/m0/s1. The van der Waals surface area contributed by atoms with Crippen molar-refractivity contribution >= 4 is 0 Å². The van der Waals surface area contributed by atoms with Crippen LogP contribution in [0, 0.1) is 0 Å². The molecule has 0 spiro atoms. The van der Waals surface area contributed by atoms with E-state index < -0.39 is 0 Å². The van der Waals surface area contributed by atoms with E-state index in [0.717, 1.165) is 30.9 Å². The molecule has 0 bridgehead atoms. The van der Waals surface area contributed by atoms with Crippen LogP contribution in [0.5, 0.6) is 0 Å². The predicted octanol–water partition coefficient (Wildman–Crippen LogP) is 1.31. The molecule has 0 radical (unpaired) electrons. The van der Waals surface area contributed by atoms with Gasteiger partial charge in [-0.2, -0.15) is 0 Å². The van der Waals surface area contributed by atoms with Crippen LogP contribution in [0.1, 0.15) is 6.42 Å². The molecule has 0 amide bonds. The van der Waals surface area contributed by atoms with Gasteiger partial charge >= 0.3 is 0 Å². The smallest absolute Gasteiger partial charge is 0.138 e. The van der Waals surface area contributed by atoms with E-state index >= 15 is 0 Å². The van der Waals surface area contributed by atoms with Crippen molar-refractivity contribution in [1.29, 1.82) is 0 Å². The zero-order valence-electron chi connectivity index (χ0n) is 12.6. The van der Waals surface area contributed by atoms with Crippen LogP contribution in [-0.2, 0) is 4.74 Å². The van der Waals surface area contributed by atoms with Crippen molar-refractivity contribution in [3.8, 4) is 0 Å². The first-order chi connectivity index (χ1) is 10.7. The molecular formula is C17H21N3O2. The Labute approximate surface area is 130 Å². The van der Waals surface area contributed by atoms with Gasteiger partial charge in [-0.1, -0.05) is 12.2 Å². The average molecular weight is 299 g/mol. The van der Waals surface area contributed by atoms with E-state index in [1.165, 1.54) is 5.57 Å². The van der Waals surface area contributed by atoms with Crippen LogP contribution in [-0.4, -0.2) is 48.5 Å². The first kappa shape index (κ1) is 13.7. The van der Waals surface area contributed by atoms with Crippen LogP contribution in [0.25, 0.3) is 0 Å². The van der Waals surface area contributed by atoms with Crippen LogP contribution in [0.2, 0.25) is 0 Å². The molecule has 0 saturated carbocycles. The molecule has 4 aliphatic rings. The molecule has 3 N–H and O–H groups in total. The number of morpholine rings is 1. The fourth-order valence-corrected chi connectivity index (χ4v) is 3.34. The van der Waals surface area contributed by atoms with Gasteiger partial charge in [-0.15, -0.1) is 0 Å². The van der Waals surface area contributed by atoms with E-state index in [9.17, 15) is 5.11 Å². The zero-order valence-corrected chi connectivity index (χ0v) is 12.6. The molecule has 116 valence electrons. The molecule has 3 aliphatic heterocycles. The van der Waals surface area contributed by atoms with Gasteiger partial charge in [0.15, 0.2) is 0 Å². The SMILES string of the molecule is CN1CCOC2=CC([C@@H]3C=CC4=CC(O)=CC[C@@H]4N3)=CN[C@@H]21. The van der Waals surface area contributed by atoms with Crippen molar-refractivity contribution in [3.05, 3.63) is 59.2 Å². The Morgan fingerprint density at radius 1 is 1.32 bits per heavy atom. The molecule has 1 fully saturated rings. The van der Waals surface area contributed by atoms with E-state index in [2.05, 4.69) is 47.0 Å². The Balaban J connectivity index is 1.54. The lowest BCUT2D eigenvalue weighted by molar-refractivity contribution is 0.0549. The molecule has 0 aromatic heterocycles. The second-order valence-electron chi connectivity index (χ2n) is 6.15. The highest BCUT2D eigenvalue weighted by Crippen LogP contribution is 2.27. The summed E-state index contributed by atoms with van der Waals surface area (Å²) in [6.45, 7) is 1.67. The van der Waals surface area contributed by atoms with Crippen LogP contribution >= 0.6 is 0 Å². The maximum absolute atomic E-state index is 9.59. The number of ether oxygens (including phenoxy) is 1. The number of rotatable bonds is 1. The topological polar surface area (TPSA) is 56.8 Å². The Bertz CT molecular complexity index is 630. The second kappa shape index (κ2) is 5.34. The molecule has 5 nitrogen and oxygen atoms in total. The molecule has 0 unspecified atom stereocenters. The van der Waals surface area contributed by atoms with Gasteiger partial charge in [-0.05, 0) is 42.8 Å². The minimum absolute atomic E-state index is 0.148. The van der Waals surface area contributed by atoms with Crippen LogP contribution < -0.4 is 10.6 Å². The van der Waals surface area contributed by atoms with Crippen molar-refractivity contribution in [2.75, 3.05) is 20.2 Å². The normalized spacial score (nSPS) is 34.1. The van der Waals surface area contributed by atoms with Crippen molar-refractivity contribution < 1.29 is 9.84 Å². The largest absolute Gasteiger partial charge is 0.508 e. The number of nitrogens with one attached hydrogen (secondary N) is 2. The second-order valence-corrected chi connectivity index (χ2v) is 6.15. The lowest BCUT2D eigenvalue weighted by Crippen LogP contribution is -2.51. The third-order valence-electron chi connectivity index (χ3n) is 4.64. The average Bonchev–Trinajstić information content (AvgIpc) is 2.54. The number of nitrogens with zero attached hydrogens (tertiary/aromatic N) is 1. The summed E-state index contributed by atoms with van der Waals surface area (Å²) in [6, 6.07) is 0.422. The summed E-state index contributed by atoms with van der Waals surface area (Å²) in [6.07, 6.45) is 13.1. The van der Waals surface area contributed by atoms with Crippen molar-refractivity contribution in [1.82, 2.24) is 15.5 Å². The summed E-state index contributed by atoms with van der Waals surface area (Å²) in [5.41, 5.74) is 2.32. The van der Waals surface area contributed by atoms with Gasteiger partial charge in [-0.3, -0.25) is 10.2 Å². The van der Waals surface area contributed by atoms with Crippen LogP contribution in [0.4, 0.5) is 0 Å². The van der Waals surface area contributed by atoms with E-state index in [1.807, 2.05) is 12.2 Å². The predicted molar refractivity (Wildman–Crippen MR) is 84.9 cm³/mol. The molecule has 1 aliphatic carbocycles. The number of hydrogen-bond donors (Lipinski definition) is 3. The van der Waals surface area contributed by atoms with E-state index in [-0.39, 0.29) is 18.2 Å². The zero-order chi connectivity index (χ0) is 15.1. The number of aliphatic hydroxyl groups is 1. The molecule has 3 heterocycles. The molecule has 5 heteroatoms. The fourth-order valence-electron chi connectivity index (χ4n) is 3.34. The van der Waals surface area contributed by atoms with E-state index in [1.54, 1.807) is 0 Å². The summed E-state index contributed by atoms with van der Waals surface area (Å²) < 4.78 is 5.80. The summed E-state index contributed by atoms with van der Waals surface area (Å²) in [5.74, 6) is 1.35. The van der Waals surface area contributed by atoms with Gasteiger partial charge in [0.25, 0.3) is 0 Å². The van der Waals surface area contributed by atoms with Gasteiger partial charge < -0.3 is 15.2 Å². The van der Waals surface area contributed by atoms with Gasteiger partial charge in [0.05, 0.1) is 6.04 Å². The monoisotopic (exact) mass is 299 g/mol. The van der Waals surface area contributed by atoms with Crippen LogP contribution in [0.3, 0.4) is 0 Å².